The zero-order valence-corrected chi connectivity index (χ0v) is 16.5. The number of fused-ring (bicyclic) bond motifs is 1. The number of hydrogen-bond donors (Lipinski definition) is 1. The van der Waals surface area contributed by atoms with Crippen molar-refractivity contribution >= 4 is 23.2 Å². The standard InChI is InChI=1S/C23H20ClN3O/c1-15-11-12-27-21(13-15)26-16(2)22(27)23(28)25-14-17-3-5-18(6-4-17)19-7-9-20(24)10-8-19/h3-13H,14H2,1-2H3,(H,25,28). The summed E-state index contributed by atoms with van der Waals surface area (Å²) in [6.07, 6.45) is 1.89. The van der Waals surface area contributed by atoms with Crippen LogP contribution in [0.1, 0.15) is 27.3 Å². The molecule has 2 heterocycles. The summed E-state index contributed by atoms with van der Waals surface area (Å²) in [5.41, 5.74) is 6.46. The van der Waals surface area contributed by atoms with Gasteiger partial charge in [0.15, 0.2) is 0 Å². The summed E-state index contributed by atoms with van der Waals surface area (Å²) in [7, 11) is 0. The van der Waals surface area contributed by atoms with Crippen molar-refractivity contribution in [2.45, 2.75) is 20.4 Å². The van der Waals surface area contributed by atoms with Gasteiger partial charge in [-0.2, -0.15) is 0 Å². The summed E-state index contributed by atoms with van der Waals surface area (Å²) in [6.45, 7) is 4.33. The Morgan fingerprint density at radius 3 is 2.32 bits per heavy atom. The van der Waals surface area contributed by atoms with Gasteiger partial charge in [0.25, 0.3) is 5.91 Å². The van der Waals surface area contributed by atoms with Gasteiger partial charge in [-0.05, 0) is 60.4 Å². The Morgan fingerprint density at radius 1 is 1.00 bits per heavy atom. The lowest BCUT2D eigenvalue weighted by atomic mass is 10.0. The van der Waals surface area contributed by atoms with Gasteiger partial charge in [0, 0.05) is 17.8 Å². The van der Waals surface area contributed by atoms with Crippen LogP contribution in [0.3, 0.4) is 0 Å². The van der Waals surface area contributed by atoms with Gasteiger partial charge in [0.05, 0.1) is 5.69 Å². The molecule has 5 heteroatoms. The molecule has 4 aromatic rings. The van der Waals surface area contributed by atoms with E-state index in [9.17, 15) is 4.79 Å². The van der Waals surface area contributed by atoms with Crippen molar-refractivity contribution in [1.82, 2.24) is 14.7 Å². The lowest BCUT2D eigenvalue weighted by molar-refractivity contribution is 0.0944. The first-order chi connectivity index (χ1) is 13.5. The first-order valence-corrected chi connectivity index (χ1v) is 9.47. The van der Waals surface area contributed by atoms with Crippen LogP contribution in [0, 0.1) is 13.8 Å². The van der Waals surface area contributed by atoms with Crippen molar-refractivity contribution in [1.29, 1.82) is 0 Å². The highest BCUT2D eigenvalue weighted by atomic mass is 35.5. The smallest absolute Gasteiger partial charge is 0.270 e. The van der Waals surface area contributed by atoms with Crippen LogP contribution in [-0.4, -0.2) is 15.3 Å². The largest absolute Gasteiger partial charge is 0.347 e. The summed E-state index contributed by atoms with van der Waals surface area (Å²) < 4.78 is 1.83. The van der Waals surface area contributed by atoms with E-state index in [2.05, 4.69) is 10.3 Å². The van der Waals surface area contributed by atoms with E-state index in [-0.39, 0.29) is 5.91 Å². The molecule has 0 aliphatic heterocycles. The Kier molecular flexibility index (Phi) is 4.88. The van der Waals surface area contributed by atoms with Crippen LogP contribution in [0.2, 0.25) is 5.02 Å². The summed E-state index contributed by atoms with van der Waals surface area (Å²) in [5.74, 6) is -0.129. The van der Waals surface area contributed by atoms with Gasteiger partial charge in [-0.3, -0.25) is 9.20 Å². The van der Waals surface area contributed by atoms with E-state index in [1.165, 1.54) is 0 Å². The summed E-state index contributed by atoms with van der Waals surface area (Å²) in [5, 5.41) is 3.72. The van der Waals surface area contributed by atoms with Crippen molar-refractivity contribution in [2.24, 2.45) is 0 Å². The second-order valence-corrected chi connectivity index (χ2v) is 7.30. The van der Waals surface area contributed by atoms with Crippen LogP contribution < -0.4 is 5.32 Å². The van der Waals surface area contributed by atoms with Crippen LogP contribution in [0.4, 0.5) is 0 Å². The number of nitrogens with zero attached hydrogens (tertiary/aromatic N) is 2. The third-order valence-corrected chi connectivity index (χ3v) is 5.01. The normalized spacial score (nSPS) is 11.0. The van der Waals surface area contributed by atoms with Gasteiger partial charge in [-0.25, -0.2) is 4.98 Å². The third-order valence-electron chi connectivity index (χ3n) is 4.76. The number of aryl methyl sites for hydroxylation is 2. The SMILES string of the molecule is Cc1ccn2c(C(=O)NCc3ccc(-c4ccc(Cl)cc4)cc3)c(C)nc2c1. The van der Waals surface area contributed by atoms with Gasteiger partial charge >= 0.3 is 0 Å². The molecule has 0 aliphatic rings. The molecule has 0 spiro atoms. The molecule has 0 bridgehead atoms. The molecule has 0 fully saturated rings. The number of amides is 1. The maximum Gasteiger partial charge on any atom is 0.270 e. The van der Waals surface area contributed by atoms with Gasteiger partial charge in [-0.1, -0.05) is 48.0 Å². The quantitative estimate of drug-likeness (QED) is 0.521. The highest BCUT2D eigenvalue weighted by Gasteiger charge is 2.16. The van der Waals surface area contributed by atoms with E-state index >= 15 is 0 Å². The fourth-order valence-electron chi connectivity index (χ4n) is 3.26. The fourth-order valence-corrected chi connectivity index (χ4v) is 3.39. The van der Waals surface area contributed by atoms with Crippen molar-refractivity contribution in [3.05, 3.63) is 94.4 Å². The Bertz CT molecular complexity index is 1150. The summed E-state index contributed by atoms with van der Waals surface area (Å²) >= 11 is 5.95. The van der Waals surface area contributed by atoms with E-state index in [1.54, 1.807) is 0 Å². The van der Waals surface area contributed by atoms with Crippen LogP contribution in [-0.2, 0) is 6.54 Å². The molecule has 140 valence electrons. The molecular weight excluding hydrogens is 370 g/mol. The molecule has 0 unspecified atom stereocenters. The zero-order chi connectivity index (χ0) is 19.7. The average molecular weight is 390 g/mol. The van der Waals surface area contributed by atoms with Crippen molar-refractivity contribution in [3.63, 3.8) is 0 Å². The summed E-state index contributed by atoms with van der Waals surface area (Å²) in [6, 6.07) is 19.8. The molecule has 4 rings (SSSR count). The molecule has 0 radical (unpaired) electrons. The number of benzene rings is 2. The number of hydrogen-bond acceptors (Lipinski definition) is 2. The highest BCUT2D eigenvalue weighted by molar-refractivity contribution is 6.30. The number of pyridine rings is 1. The Morgan fingerprint density at radius 2 is 1.64 bits per heavy atom. The highest BCUT2D eigenvalue weighted by Crippen LogP contribution is 2.22. The predicted octanol–water partition coefficient (Wildman–Crippen LogP) is 5.20. The number of rotatable bonds is 4. The van der Waals surface area contributed by atoms with Gasteiger partial charge in [0.1, 0.15) is 11.3 Å². The molecule has 0 atom stereocenters. The minimum Gasteiger partial charge on any atom is -0.347 e. The molecular formula is C23H20ClN3O. The van der Waals surface area contributed by atoms with Crippen molar-refractivity contribution in [3.8, 4) is 11.1 Å². The topological polar surface area (TPSA) is 46.4 Å². The van der Waals surface area contributed by atoms with Crippen molar-refractivity contribution in [2.75, 3.05) is 0 Å². The van der Waals surface area contributed by atoms with E-state index in [4.69, 9.17) is 11.6 Å². The number of aromatic nitrogens is 2. The van der Waals surface area contributed by atoms with E-state index in [0.29, 0.717) is 12.2 Å². The molecule has 2 aromatic carbocycles. The van der Waals surface area contributed by atoms with Crippen LogP contribution in [0.25, 0.3) is 16.8 Å². The molecule has 0 saturated heterocycles. The van der Waals surface area contributed by atoms with Gasteiger partial charge < -0.3 is 5.32 Å². The summed E-state index contributed by atoms with van der Waals surface area (Å²) in [4.78, 5) is 17.2. The number of halogens is 1. The number of nitrogens with one attached hydrogen (secondary N) is 1. The lowest BCUT2D eigenvalue weighted by Crippen LogP contribution is -2.24. The van der Waals surface area contributed by atoms with Crippen LogP contribution >= 0.6 is 11.6 Å². The number of carbonyl (C=O) groups excluding carboxylic acids is 1. The Balaban J connectivity index is 1.48. The monoisotopic (exact) mass is 389 g/mol. The molecule has 4 nitrogen and oxygen atoms in total. The van der Waals surface area contributed by atoms with Crippen molar-refractivity contribution < 1.29 is 4.79 Å². The predicted molar refractivity (Wildman–Crippen MR) is 113 cm³/mol. The number of carbonyl (C=O) groups is 1. The fraction of sp³-hybridized carbons (Fsp3) is 0.130. The minimum atomic E-state index is -0.129. The molecule has 0 aliphatic carbocycles. The van der Waals surface area contributed by atoms with E-state index in [1.807, 2.05) is 85.1 Å². The molecule has 1 amide bonds. The first-order valence-electron chi connectivity index (χ1n) is 9.09. The zero-order valence-electron chi connectivity index (χ0n) is 15.7. The molecule has 2 aromatic heterocycles. The van der Waals surface area contributed by atoms with E-state index < -0.39 is 0 Å². The molecule has 28 heavy (non-hydrogen) atoms. The second kappa shape index (κ2) is 7.49. The molecule has 1 N–H and O–H groups in total. The molecule has 0 saturated carbocycles. The van der Waals surface area contributed by atoms with Gasteiger partial charge in [0.2, 0.25) is 0 Å². The maximum atomic E-state index is 12.7. The Labute approximate surface area is 168 Å². The first kappa shape index (κ1) is 18.3. The maximum absolute atomic E-state index is 12.7. The minimum absolute atomic E-state index is 0.129. The average Bonchev–Trinajstić information content (AvgIpc) is 3.02. The number of imidazole rings is 1. The van der Waals surface area contributed by atoms with Crippen LogP contribution in [0.15, 0.2) is 66.9 Å². The Hall–Kier alpha value is -3.11. The van der Waals surface area contributed by atoms with Crippen LogP contribution in [0.5, 0.6) is 0 Å². The van der Waals surface area contributed by atoms with E-state index in [0.717, 1.165) is 38.6 Å². The van der Waals surface area contributed by atoms with Gasteiger partial charge in [-0.15, -0.1) is 0 Å². The lowest BCUT2D eigenvalue weighted by Gasteiger charge is -2.08. The third kappa shape index (κ3) is 3.64. The second-order valence-electron chi connectivity index (χ2n) is 6.86.